The lowest BCUT2D eigenvalue weighted by Gasteiger charge is -2.06. The van der Waals surface area contributed by atoms with Crippen molar-refractivity contribution >= 4 is 23.2 Å². The number of amides is 1. The highest BCUT2D eigenvalue weighted by atomic mass is 35.5. The van der Waals surface area contributed by atoms with Crippen LogP contribution in [0.15, 0.2) is 49.1 Å². The van der Waals surface area contributed by atoms with E-state index in [4.69, 9.17) is 11.6 Å². The van der Waals surface area contributed by atoms with Gasteiger partial charge in [-0.3, -0.25) is 9.48 Å². The maximum absolute atomic E-state index is 12.0. The predicted octanol–water partition coefficient (Wildman–Crippen LogP) is 2.83. The second kappa shape index (κ2) is 6.66. The number of aromatic nitrogens is 4. The van der Waals surface area contributed by atoms with Crippen LogP contribution in [0.1, 0.15) is 12.0 Å². The van der Waals surface area contributed by atoms with Gasteiger partial charge in [0.25, 0.3) is 0 Å². The second-order valence-electron chi connectivity index (χ2n) is 5.22. The average molecular weight is 330 g/mol. The zero-order valence-corrected chi connectivity index (χ0v) is 13.4. The van der Waals surface area contributed by atoms with E-state index >= 15 is 0 Å². The van der Waals surface area contributed by atoms with E-state index in [9.17, 15) is 4.79 Å². The molecule has 2 heterocycles. The molecule has 0 fully saturated rings. The molecule has 1 amide bonds. The molecule has 0 saturated carbocycles. The summed E-state index contributed by atoms with van der Waals surface area (Å²) in [5.74, 6) is -0.0243. The molecule has 1 N–H and O–H groups in total. The summed E-state index contributed by atoms with van der Waals surface area (Å²) in [6, 6.07) is 7.43. The van der Waals surface area contributed by atoms with Crippen molar-refractivity contribution in [2.75, 3.05) is 5.32 Å². The summed E-state index contributed by atoms with van der Waals surface area (Å²) in [5.41, 5.74) is 2.68. The Morgan fingerprint density at radius 3 is 2.57 bits per heavy atom. The molecular formula is C16H16ClN5O. The molecular weight excluding hydrogens is 314 g/mol. The maximum atomic E-state index is 12.0. The Balaban J connectivity index is 1.56. The van der Waals surface area contributed by atoms with Crippen molar-refractivity contribution in [2.45, 2.75) is 12.8 Å². The Hall–Kier alpha value is -2.60. The Kier molecular flexibility index (Phi) is 4.43. The molecule has 7 heteroatoms. The van der Waals surface area contributed by atoms with Gasteiger partial charge in [-0.05, 0) is 36.2 Å². The fourth-order valence-corrected chi connectivity index (χ4v) is 2.36. The van der Waals surface area contributed by atoms with Crippen LogP contribution in [0, 0.1) is 0 Å². The summed E-state index contributed by atoms with van der Waals surface area (Å²) in [5, 5.41) is 11.7. The van der Waals surface area contributed by atoms with Gasteiger partial charge < -0.3 is 5.32 Å². The molecule has 0 bridgehead atoms. The smallest absolute Gasteiger partial charge is 0.224 e. The van der Waals surface area contributed by atoms with Crippen molar-refractivity contribution < 1.29 is 4.79 Å². The zero-order valence-electron chi connectivity index (χ0n) is 12.6. The fraction of sp³-hybridized carbons (Fsp3) is 0.188. The second-order valence-corrected chi connectivity index (χ2v) is 5.66. The summed E-state index contributed by atoms with van der Waals surface area (Å²) in [6.45, 7) is 0. The molecule has 6 nitrogen and oxygen atoms in total. The lowest BCUT2D eigenvalue weighted by Crippen LogP contribution is -2.12. The molecule has 3 aromatic rings. The van der Waals surface area contributed by atoms with Crippen LogP contribution < -0.4 is 5.32 Å². The van der Waals surface area contributed by atoms with Crippen LogP contribution in [0.5, 0.6) is 0 Å². The minimum absolute atomic E-state index is 0.0243. The number of aryl methyl sites for hydroxylation is 2. The van der Waals surface area contributed by atoms with Gasteiger partial charge in [0.15, 0.2) is 0 Å². The molecule has 0 spiro atoms. The minimum atomic E-state index is -0.0243. The molecule has 0 aliphatic heterocycles. The molecule has 0 aliphatic rings. The van der Waals surface area contributed by atoms with E-state index in [0.29, 0.717) is 17.9 Å². The van der Waals surface area contributed by atoms with Gasteiger partial charge in [0.2, 0.25) is 5.91 Å². The molecule has 3 rings (SSSR count). The number of anilines is 1. The van der Waals surface area contributed by atoms with E-state index in [-0.39, 0.29) is 5.91 Å². The van der Waals surface area contributed by atoms with Crippen molar-refractivity contribution in [3.05, 3.63) is 59.6 Å². The van der Waals surface area contributed by atoms with E-state index in [2.05, 4.69) is 15.5 Å². The molecule has 0 saturated heterocycles. The highest BCUT2D eigenvalue weighted by molar-refractivity contribution is 6.30. The third kappa shape index (κ3) is 3.98. The first-order valence-corrected chi connectivity index (χ1v) is 7.56. The van der Waals surface area contributed by atoms with Crippen molar-refractivity contribution in [1.82, 2.24) is 19.6 Å². The quantitative estimate of drug-likeness (QED) is 0.782. The number of rotatable bonds is 5. The standard InChI is InChI=1S/C16H16ClN5O/c1-21-10-12(8-18-21)2-7-16(23)20-14-3-5-15(6-4-14)22-11-13(17)9-19-22/h3-6,8-11H,2,7H2,1H3,(H,20,23). The normalized spacial score (nSPS) is 10.7. The molecule has 0 unspecified atom stereocenters. The number of hydrogen-bond acceptors (Lipinski definition) is 3. The first-order chi connectivity index (χ1) is 11.1. The van der Waals surface area contributed by atoms with Crippen molar-refractivity contribution in [3.63, 3.8) is 0 Å². The van der Waals surface area contributed by atoms with Crippen LogP contribution in [-0.2, 0) is 18.3 Å². The number of benzene rings is 1. The van der Waals surface area contributed by atoms with Gasteiger partial charge in [-0.15, -0.1) is 0 Å². The number of halogens is 1. The van der Waals surface area contributed by atoms with Gasteiger partial charge in [-0.25, -0.2) is 4.68 Å². The van der Waals surface area contributed by atoms with E-state index < -0.39 is 0 Å². The van der Waals surface area contributed by atoms with Gasteiger partial charge in [0.1, 0.15) is 0 Å². The Labute approximate surface area is 138 Å². The van der Waals surface area contributed by atoms with Crippen molar-refractivity contribution in [1.29, 1.82) is 0 Å². The van der Waals surface area contributed by atoms with Gasteiger partial charge in [0.05, 0.1) is 23.1 Å². The van der Waals surface area contributed by atoms with Crippen LogP contribution in [0.3, 0.4) is 0 Å². The summed E-state index contributed by atoms with van der Waals surface area (Å²) in [7, 11) is 1.86. The Morgan fingerprint density at radius 2 is 1.96 bits per heavy atom. The van der Waals surface area contributed by atoms with E-state index in [1.165, 1.54) is 0 Å². The molecule has 1 aromatic carbocycles. The lowest BCUT2D eigenvalue weighted by atomic mass is 10.2. The largest absolute Gasteiger partial charge is 0.326 e. The molecule has 0 atom stereocenters. The first kappa shape index (κ1) is 15.3. The molecule has 0 aliphatic carbocycles. The van der Waals surface area contributed by atoms with Crippen LogP contribution in [-0.4, -0.2) is 25.5 Å². The number of nitrogens with zero attached hydrogens (tertiary/aromatic N) is 4. The summed E-state index contributed by atoms with van der Waals surface area (Å²) < 4.78 is 3.41. The third-order valence-corrected chi connectivity index (χ3v) is 3.56. The maximum Gasteiger partial charge on any atom is 0.224 e. The third-order valence-electron chi connectivity index (χ3n) is 3.37. The molecule has 2 aromatic heterocycles. The topological polar surface area (TPSA) is 64.7 Å². The molecule has 118 valence electrons. The Morgan fingerprint density at radius 1 is 1.17 bits per heavy atom. The SMILES string of the molecule is Cn1cc(CCC(=O)Nc2ccc(-n3cc(Cl)cn3)cc2)cn1. The molecule has 0 radical (unpaired) electrons. The van der Waals surface area contributed by atoms with Crippen LogP contribution in [0.4, 0.5) is 5.69 Å². The van der Waals surface area contributed by atoms with Crippen molar-refractivity contribution in [3.8, 4) is 5.69 Å². The molecule has 23 heavy (non-hydrogen) atoms. The van der Waals surface area contributed by atoms with Gasteiger partial charge in [-0.2, -0.15) is 10.2 Å². The van der Waals surface area contributed by atoms with Gasteiger partial charge in [0, 0.05) is 31.5 Å². The van der Waals surface area contributed by atoms with E-state index in [1.807, 2.05) is 37.5 Å². The number of hydrogen-bond donors (Lipinski definition) is 1. The van der Waals surface area contributed by atoms with Crippen LogP contribution in [0.2, 0.25) is 5.02 Å². The van der Waals surface area contributed by atoms with E-state index in [1.54, 1.807) is 28.0 Å². The van der Waals surface area contributed by atoms with Crippen LogP contribution >= 0.6 is 11.6 Å². The summed E-state index contributed by atoms with van der Waals surface area (Å²) >= 11 is 5.85. The number of nitrogens with one attached hydrogen (secondary N) is 1. The summed E-state index contributed by atoms with van der Waals surface area (Å²) in [4.78, 5) is 12.0. The highest BCUT2D eigenvalue weighted by Gasteiger charge is 2.05. The fourth-order valence-electron chi connectivity index (χ4n) is 2.22. The average Bonchev–Trinajstić information content (AvgIpc) is 3.15. The van der Waals surface area contributed by atoms with Crippen molar-refractivity contribution in [2.24, 2.45) is 7.05 Å². The number of carbonyl (C=O) groups excluding carboxylic acids is 1. The zero-order chi connectivity index (χ0) is 16.2. The van der Waals surface area contributed by atoms with Gasteiger partial charge in [-0.1, -0.05) is 11.6 Å². The van der Waals surface area contributed by atoms with E-state index in [0.717, 1.165) is 16.9 Å². The lowest BCUT2D eigenvalue weighted by molar-refractivity contribution is -0.116. The van der Waals surface area contributed by atoms with Crippen LogP contribution in [0.25, 0.3) is 5.69 Å². The number of carbonyl (C=O) groups is 1. The monoisotopic (exact) mass is 329 g/mol. The highest BCUT2D eigenvalue weighted by Crippen LogP contribution is 2.15. The first-order valence-electron chi connectivity index (χ1n) is 7.18. The summed E-state index contributed by atoms with van der Waals surface area (Å²) in [6.07, 6.45) is 8.08. The minimum Gasteiger partial charge on any atom is -0.326 e. The predicted molar refractivity (Wildman–Crippen MR) is 88.7 cm³/mol. The van der Waals surface area contributed by atoms with Gasteiger partial charge >= 0.3 is 0 Å². The Bertz CT molecular complexity index is 806.